The normalized spacial score (nSPS) is 23.1. The van der Waals surface area contributed by atoms with E-state index in [0.29, 0.717) is 17.6 Å². The molecule has 20 heavy (non-hydrogen) atoms. The maximum Gasteiger partial charge on any atom is 0.295 e. The van der Waals surface area contributed by atoms with Gasteiger partial charge in [0, 0.05) is 5.92 Å². The molecule has 1 fully saturated rings. The SMILES string of the molecule is CCCC1CCC(c2noc(-c3nc(N)n[nH]3)n2)CC1. The van der Waals surface area contributed by atoms with Crippen LogP contribution >= 0.6 is 0 Å². The van der Waals surface area contributed by atoms with Crippen molar-refractivity contribution >= 4 is 5.95 Å². The average molecular weight is 276 g/mol. The summed E-state index contributed by atoms with van der Waals surface area (Å²) in [5.74, 6) is 3.03. The van der Waals surface area contributed by atoms with E-state index in [1.54, 1.807) is 0 Å². The highest BCUT2D eigenvalue weighted by atomic mass is 16.5. The van der Waals surface area contributed by atoms with Crippen molar-refractivity contribution in [3.05, 3.63) is 5.82 Å². The van der Waals surface area contributed by atoms with Gasteiger partial charge in [-0.15, -0.1) is 5.10 Å². The molecule has 0 saturated heterocycles. The molecule has 0 bridgehead atoms. The first kappa shape index (κ1) is 13.1. The van der Waals surface area contributed by atoms with Gasteiger partial charge in [-0.05, 0) is 31.6 Å². The fraction of sp³-hybridized carbons (Fsp3) is 0.692. The monoisotopic (exact) mass is 276 g/mol. The molecule has 0 atom stereocenters. The zero-order valence-electron chi connectivity index (χ0n) is 11.7. The molecule has 1 aliphatic carbocycles. The van der Waals surface area contributed by atoms with Crippen LogP contribution in [-0.2, 0) is 0 Å². The lowest BCUT2D eigenvalue weighted by atomic mass is 9.80. The first-order valence-corrected chi connectivity index (χ1v) is 7.28. The molecule has 2 aromatic rings. The Hall–Kier alpha value is -1.92. The molecule has 108 valence electrons. The Morgan fingerprint density at radius 2 is 2.05 bits per heavy atom. The number of nitrogen functional groups attached to an aromatic ring is 1. The molecular formula is C13H20N6O. The Kier molecular flexibility index (Phi) is 3.66. The van der Waals surface area contributed by atoms with Gasteiger partial charge in [0.05, 0.1) is 0 Å². The van der Waals surface area contributed by atoms with Gasteiger partial charge in [-0.1, -0.05) is 24.9 Å². The van der Waals surface area contributed by atoms with Crippen molar-refractivity contribution < 1.29 is 4.52 Å². The molecule has 3 rings (SSSR count). The molecule has 0 aromatic carbocycles. The quantitative estimate of drug-likeness (QED) is 0.888. The largest absolute Gasteiger partial charge is 0.366 e. The third kappa shape index (κ3) is 2.66. The molecule has 0 aliphatic heterocycles. The van der Waals surface area contributed by atoms with Crippen LogP contribution in [0.5, 0.6) is 0 Å². The van der Waals surface area contributed by atoms with E-state index in [9.17, 15) is 0 Å². The summed E-state index contributed by atoms with van der Waals surface area (Å²) in [7, 11) is 0. The Morgan fingerprint density at radius 1 is 1.25 bits per heavy atom. The van der Waals surface area contributed by atoms with E-state index in [2.05, 4.69) is 32.2 Å². The van der Waals surface area contributed by atoms with Crippen LogP contribution in [0.4, 0.5) is 5.95 Å². The van der Waals surface area contributed by atoms with Gasteiger partial charge in [0.1, 0.15) is 0 Å². The number of hydrogen-bond donors (Lipinski definition) is 2. The predicted molar refractivity (Wildman–Crippen MR) is 73.7 cm³/mol. The molecule has 0 unspecified atom stereocenters. The molecule has 0 radical (unpaired) electrons. The lowest BCUT2D eigenvalue weighted by Gasteiger charge is -2.26. The number of rotatable bonds is 4. The van der Waals surface area contributed by atoms with E-state index in [0.717, 1.165) is 24.6 Å². The van der Waals surface area contributed by atoms with Gasteiger partial charge in [-0.2, -0.15) is 9.97 Å². The highest BCUT2D eigenvalue weighted by Gasteiger charge is 2.26. The minimum Gasteiger partial charge on any atom is -0.366 e. The lowest BCUT2D eigenvalue weighted by molar-refractivity contribution is 0.296. The first-order valence-electron chi connectivity index (χ1n) is 7.28. The van der Waals surface area contributed by atoms with Crippen LogP contribution in [0.15, 0.2) is 4.52 Å². The number of anilines is 1. The van der Waals surface area contributed by atoms with Gasteiger partial charge in [0.15, 0.2) is 5.82 Å². The van der Waals surface area contributed by atoms with Gasteiger partial charge in [-0.25, -0.2) is 0 Å². The van der Waals surface area contributed by atoms with Gasteiger partial charge in [0.25, 0.3) is 5.89 Å². The molecule has 2 heterocycles. The number of H-pyrrole nitrogens is 1. The number of hydrogen-bond acceptors (Lipinski definition) is 6. The van der Waals surface area contributed by atoms with E-state index in [4.69, 9.17) is 10.3 Å². The number of aromatic amines is 1. The fourth-order valence-corrected chi connectivity index (χ4v) is 2.98. The van der Waals surface area contributed by atoms with Crippen LogP contribution in [0, 0.1) is 5.92 Å². The maximum absolute atomic E-state index is 5.47. The summed E-state index contributed by atoms with van der Waals surface area (Å²) in [5, 5.41) is 10.5. The molecule has 0 amide bonds. The van der Waals surface area contributed by atoms with Crippen LogP contribution in [0.2, 0.25) is 0 Å². The van der Waals surface area contributed by atoms with Crippen molar-refractivity contribution in [1.29, 1.82) is 0 Å². The molecule has 2 aromatic heterocycles. The van der Waals surface area contributed by atoms with Crippen molar-refractivity contribution in [2.45, 2.75) is 51.4 Å². The molecule has 1 aliphatic rings. The van der Waals surface area contributed by atoms with Crippen molar-refractivity contribution in [3.63, 3.8) is 0 Å². The average Bonchev–Trinajstić information content (AvgIpc) is 3.09. The van der Waals surface area contributed by atoms with E-state index < -0.39 is 0 Å². The molecule has 7 heteroatoms. The zero-order valence-corrected chi connectivity index (χ0v) is 11.7. The Labute approximate surface area is 117 Å². The Bertz CT molecular complexity index is 555. The van der Waals surface area contributed by atoms with Gasteiger partial charge >= 0.3 is 0 Å². The molecule has 0 spiro atoms. The van der Waals surface area contributed by atoms with Gasteiger partial charge < -0.3 is 10.3 Å². The summed E-state index contributed by atoms with van der Waals surface area (Å²) >= 11 is 0. The Balaban J connectivity index is 1.66. The van der Waals surface area contributed by atoms with E-state index in [1.165, 1.54) is 25.7 Å². The third-order valence-electron chi connectivity index (χ3n) is 4.06. The molecular weight excluding hydrogens is 256 g/mol. The number of nitrogens with one attached hydrogen (secondary N) is 1. The summed E-state index contributed by atoms with van der Waals surface area (Å²) in [6.07, 6.45) is 7.41. The fourth-order valence-electron chi connectivity index (χ4n) is 2.98. The highest BCUT2D eigenvalue weighted by molar-refractivity contribution is 5.41. The molecule has 3 N–H and O–H groups in total. The van der Waals surface area contributed by atoms with Crippen molar-refractivity contribution in [2.75, 3.05) is 5.73 Å². The van der Waals surface area contributed by atoms with Crippen molar-refractivity contribution in [1.82, 2.24) is 25.3 Å². The van der Waals surface area contributed by atoms with Gasteiger partial charge in [-0.3, -0.25) is 5.10 Å². The summed E-state index contributed by atoms with van der Waals surface area (Å²) in [6, 6.07) is 0. The second-order valence-electron chi connectivity index (χ2n) is 5.51. The van der Waals surface area contributed by atoms with Crippen molar-refractivity contribution in [3.8, 4) is 11.7 Å². The summed E-state index contributed by atoms with van der Waals surface area (Å²) < 4.78 is 5.24. The van der Waals surface area contributed by atoms with Crippen LogP contribution in [0.1, 0.15) is 57.2 Å². The van der Waals surface area contributed by atoms with Crippen LogP contribution in [-0.4, -0.2) is 25.3 Å². The smallest absolute Gasteiger partial charge is 0.295 e. The Morgan fingerprint density at radius 3 is 2.70 bits per heavy atom. The molecule has 7 nitrogen and oxygen atoms in total. The summed E-state index contributed by atoms with van der Waals surface area (Å²) in [4.78, 5) is 8.41. The first-order chi connectivity index (χ1) is 9.76. The summed E-state index contributed by atoms with van der Waals surface area (Å²) in [6.45, 7) is 2.25. The van der Waals surface area contributed by atoms with Crippen LogP contribution in [0.3, 0.4) is 0 Å². The number of nitrogens with zero attached hydrogens (tertiary/aromatic N) is 4. The second-order valence-corrected chi connectivity index (χ2v) is 5.51. The van der Waals surface area contributed by atoms with Crippen LogP contribution in [0.25, 0.3) is 11.7 Å². The predicted octanol–water partition coefficient (Wildman–Crippen LogP) is 2.51. The van der Waals surface area contributed by atoms with E-state index >= 15 is 0 Å². The van der Waals surface area contributed by atoms with Crippen LogP contribution < -0.4 is 5.73 Å². The van der Waals surface area contributed by atoms with E-state index in [1.807, 2.05) is 0 Å². The van der Waals surface area contributed by atoms with E-state index in [-0.39, 0.29) is 5.95 Å². The number of nitrogens with two attached hydrogens (primary N) is 1. The second kappa shape index (κ2) is 5.60. The van der Waals surface area contributed by atoms with Gasteiger partial charge in [0.2, 0.25) is 11.8 Å². The topological polar surface area (TPSA) is 107 Å². The number of aromatic nitrogens is 5. The minimum atomic E-state index is 0.180. The zero-order chi connectivity index (χ0) is 13.9. The lowest BCUT2D eigenvalue weighted by Crippen LogP contribution is -2.14. The highest BCUT2D eigenvalue weighted by Crippen LogP contribution is 2.36. The summed E-state index contributed by atoms with van der Waals surface area (Å²) in [5.41, 5.74) is 5.47. The minimum absolute atomic E-state index is 0.180. The van der Waals surface area contributed by atoms with Crippen molar-refractivity contribution in [2.24, 2.45) is 5.92 Å². The maximum atomic E-state index is 5.47. The third-order valence-corrected chi connectivity index (χ3v) is 4.06. The standard InChI is InChI=1S/C13H20N6O/c1-2-3-8-4-6-9(7-5-8)10-15-12(20-19-10)11-16-13(14)18-17-11/h8-9H,2-7H2,1H3,(H3,14,16,17,18). The molecule has 1 saturated carbocycles.